The van der Waals surface area contributed by atoms with E-state index in [0.29, 0.717) is 22.7 Å². The van der Waals surface area contributed by atoms with E-state index in [1.165, 1.54) is 0 Å². The molecule has 0 bridgehead atoms. The van der Waals surface area contributed by atoms with E-state index in [-0.39, 0.29) is 0 Å². The molecule has 4 heteroatoms. The lowest BCUT2D eigenvalue weighted by Gasteiger charge is -2.28. The Labute approximate surface area is 107 Å². The van der Waals surface area contributed by atoms with Crippen molar-refractivity contribution in [2.45, 2.75) is 37.8 Å². The molecule has 0 saturated heterocycles. The second-order valence-electron chi connectivity index (χ2n) is 4.57. The Hall–Kier alpha value is -1.24. The summed E-state index contributed by atoms with van der Waals surface area (Å²) < 4.78 is 0. The number of hydrogen-bond acceptors (Lipinski definition) is 3. The van der Waals surface area contributed by atoms with Gasteiger partial charge in [0.05, 0.1) is 10.6 Å². The molecule has 0 spiro atoms. The van der Waals surface area contributed by atoms with Crippen molar-refractivity contribution in [3.8, 4) is 6.07 Å². The van der Waals surface area contributed by atoms with E-state index in [4.69, 9.17) is 22.6 Å². The van der Waals surface area contributed by atoms with Crippen LogP contribution in [0.15, 0.2) is 18.2 Å². The Morgan fingerprint density at radius 1 is 1.41 bits per heavy atom. The van der Waals surface area contributed by atoms with E-state index in [2.05, 4.69) is 11.4 Å². The van der Waals surface area contributed by atoms with Crippen LogP contribution < -0.4 is 11.1 Å². The Bertz CT molecular complexity index is 439. The molecule has 0 amide bonds. The summed E-state index contributed by atoms with van der Waals surface area (Å²) in [5.41, 5.74) is 7.41. The molecule has 1 fully saturated rings. The number of nitrogens with two attached hydrogens (primary N) is 1. The van der Waals surface area contributed by atoms with Gasteiger partial charge in [-0.3, -0.25) is 0 Å². The SMILES string of the molecule is N#Cc1cc(NC2CCCC(N)C2)ccc1Cl. The van der Waals surface area contributed by atoms with Gasteiger partial charge in [-0.2, -0.15) is 5.26 Å². The summed E-state index contributed by atoms with van der Waals surface area (Å²) in [6.07, 6.45) is 4.41. The predicted molar refractivity (Wildman–Crippen MR) is 70.0 cm³/mol. The lowest BCUT2D eigenvalue weighted by molar-refractivity contribution is 0.409. The number of nitrogens with zero attached hydrogens (tertiary/aromatic N) is 1. The number of anilines is 1. The van der Waals surface area contributed by atoms with Crippen molar-refractivity contribution in [1.82, 2.24) is 0 Å². The van der Waals surface area contributed by atoms with Gasteiger partial charge in [0.1, 0.15) is 6.07 Å². The highest BCUT2D eigenvalue weighted by atomic mass is 35.5. The smallest absolute Gasteiger partial charge is 0.101 e. The molecule has 2 rings (SSSR count). The van der Waals surface area contributed by atoms with Crippen LogP contribution in [0.1, 0.15) is 31.2 Å². The van der Waals surface area contributed by atoms with Crippen molar-refractivity contribution >= 4 is 17.3 Å². The summed E-state index contributed by atoms with van der Waals surface area (Å²) >= 11 is 5.89. The van der Waals surface area contributed by atoms with Crippen LogP contribution in [0, 0.1) is 11.3 Å². The van der Waals surface area contributed by atoms with Crippen LogP contribution >= 0.6 is 11.6 Å². The lowest BCUT2D eigenvalue weighted by Crippen LogP contribution is -2.34. The molecule has 0 aromatic heterocycles. The van der Waals surface area contributed by atoms with Gasteiger partial charge in [-0.05, 0) is 43.9 Å². The number of benzene rings is 1. The summed E-state index contributed by atoms with van der Waals surface area (Å²) in [5, 5.41) is 12.8. The molecule has 3 nitrogen and oxygen atoms in total. The van der Waals surface area contributed by atoms with E-state index < -0.39 is 0 Å². The van der Waals surface area contributed by atoms with Gasteiger partial charge < -0.3 is 11.1 Å². The summed E-state index contributed by atoms with van der Waals surface area (Å²) in [7, 11) is 0. The second kappa shape index (κ2) is 5.39. The van der Waals surface area contributed by atoms with Gasteiger partial charge in [0.2, 0.25) is 0 Å². The molecule has 1 aliphatic rings. The first kappa shape index (κ1) is 12.2. The van der Waals surface area contributed by atoms with Gasteiger partial charge >= 0.3 is 0 Å². The van der Waals surface area contributed by atoms with Crippen molar-refractivity contribution in [3.63, 3.8) is 0 Å². The van der Waals surface area contributed by atoms with Gasteiger partial charge in [0, 0.05) is 17.8 Å². The van der Waals surface area contributed by atoms with E-state index in [1.807, 2.05) is 6.07 Å². The Kier molecular flexibility index (Phi) is 3.88. The fourth-order valence-electron chi connectivity index (χ4n) is 2.30. The minimum absolute atomic E-state index is 0.295. The highest BCUT2D eigenvalue weighted by Crippen LogP contribution is 2.24. The third-order valence-corrected chi connectivity index (χ3v) is 3.50. The molecular formula is C13H16ClN3. The summed E-state index contributed by atoms with van der Waals surface area (Å²) in [4.78, 5) is 0. The first-order chi connectivity index (χ1) is 8.19. The maximum Gasteiger partial charge on any atom is 0.101 e. The molecule has 1 aromatic rings. The standard InChI is InChI=1S/C13H16ClN3/c14-13-5-4-12(6-9(13)8-15)17-11-3-1-2-10(16)7-11/h4-6,10-11,17H,1-3,7,16H2. The van der Waals surface area contributed by atoms with Crippen LogP contribution in [0.25, 0.3) is 0 Å². The van der Waals surface area contributed by atoms with E-state index in [1.54, 1.807) is 12.1 Å². The Balaban J connectivity index is 2.06. The molecule has 0 radical (unpaired) electrons. The number of halogens is 1. The third kappa shape index (κ3) is 3.12. The van der Waals surface area contributed by atoms with Crippen LogP contribution in [-0.2, 0) is 0 Å². The van der Waals surface area contributed by atoms with Gasteiger partial charge in [-0.25, -0.2) is 0 Å². The predicted octanol–water partition coefficient (Wildman–Crippen LogP) is 2.89. The fraction of sp³-hybridized carbons (Fsp3) is 0.462. The normalized spacial score (nSPS) is 24.1. The maximum absolute atomic E-state index is 8.91. The molecule has 2 unspecified atom stereocenters. The molecular weight excluding hydrogens is 234 g/mol. The van der Waals surface area contributed by atoms with Crippen LogP contribution in [0.2, 0.25) is 5.02 Å². The van der Waals surface area contributed by atoms with Crippen LogP contribution in [-0.4, -0.2) is 12.1 Å². The minimum Gasteiger partial charge on any atom is -0.382 e. The van der Waals surface area contributed by atoms with Crippen molar-refractivity contribution in [2.75, 3.05) is 5.32 Å². The lowest BCUT2D eigenvalue weighted by atomic mass is 9.91. The monoisotopic (exact) mass is 249 g/mol. The Morgan fingerprint density at radius 2 is 2.24 bits per heavy atom. The summed E-state index contributed by atoms with van der Waals surface area (Å²) in [5.74, 6) is 0. The van der Waals surface area contributed by atoms with Gasteiger partial charge in [0.25, 0.3) is 0 Å². The van der Waals surface area contributed by atoms with Gasteiger partial charge in [0.15, 0.2) is 0 Å². The molecule has 17 heavy (non-hydrogen) atoms. The molecule has 0 aliphatic heterocycles. The number of hydrogen-bond donors (Lipinski definition) is 2. The molecule has 90 valence electrons. The molecule has 1 aliphatic carbocycles. The highest BCUT2D eigenvalue weighted by Gasteiger charge is 2.18. The fourth-order valence-corrected chi connectivity index (χ4v) is 2.45. The van der Waals surface area contributed by atoms with Crippen molar-refractivity contribution < 1.29 is 0 Å². The zero-order valence-electron chi connectivity index (χ0n) is 9.62. The van der Waals surface area contributed by atoms with Gasteiger partial charge in [-0.1, -0.05) is 11.6 Å². The first-order valence-electron chi connectivity index (χ1n) is 5.91. The first-order valence-corrected chi connectivity index (χ1v) is 6.28. The highest BCUT2D eigenvalue weighted by molar-refractivity contribution is 6.31. The zero-order chi connectivity index (χ0) is 12.3. The van der Waals surface area contributed by atoms with Crippen molar-refractivity contribution in [2.24, 2.45) is 5.73 Å². The summed E-state index contributed by atoms with van der Waals surface area (Å²) in [6, 6.07) is 8.24. The van der Waals surface area contributed by atoms with Crippen LogP contribution in [0.3, 0.4) is 0 Å². The van der Waals surface area contributed by atoms with Crippen molar-refractivity contribution in [3.05, 3.63) is 28.8 Å². The van der Waals surface area contributed by atoms with Crippen molar-refractivity contribution in [1.29, 1.82) is 5.26 Å². The van der Waals surface area contributed by atoms with E-state index in [9.17, 15) is 0 Å². The molecule has 1 aromatic carbocycles. The van der Waals surface area contributed by atoms with E-state index in [0.717, 1.165) is 31.4 Å². The average molecular weight is 250 g/mol. The summed E-state index contributed by atoms with van der Waals surface area (Å²) in [6.45, 7) is 0. The van der Waals surface area contributed by atoms with Crippen LogP contribution in [0.4, 0.5) is 5.69 Å². The van der Waals surface area contributed by atoms with Crippen LogP contribution in [0.5, 0.6) is 0 Å². The number of nitrogens with one attached hydrogen (secondary N) is 1. The largest absolute Gasteiger partial charge is 0.382 e. The zero-order valence-corrected chi connectivity index (χ0v) is 10.4. The quantitative estimate of drug-likeness (QED) is 0.847. The average Bonchev–Trinajstić information content (AvgIpc) is 2.32. The third-order valence-electron chi connectivity index (χ3n) is 3.17. The molecule has 2 atom stereocenters. The number of rotatable bonds is 2. The molecule has 3 N–H and O–H groups in total. The minimum atomic E-state index is 0.295. The van der Waals surface area contributed by atoms with E-state index >= 15 is 0 Å². The molecule has 1 saturated carbocycles. The number of nitriles is 1. The second-order valence-corrected chi connectivity index (χ2v) is 4.98. The Morgan fingerprint density at radius 3 is 2.94 bits per heavy atom. The van der Waals surface area contributed by atoms with Gasteiger partial charge in [-0.15, -0.1) is 0 Å². The topological polar surface area (TPSA) is 61.8 Å². The maximum atomic E-state index is 8.91. The molecule has 0 heterocycles.